The number of thioether (sulfide) groups is 1. The second-order valence-corrected chi connectivity index (χ2v) is 6.83. The number of rotatable bonds is 7. The first kappa shape index (κ1) is 17.5. The van der Waals surface area contributed by atoms with Gasteiger partial charge in [0.1, 0.15) is 11.6 Å². The number of imidazole rings is 1. The molecule has 130 valence electrons. The van der Waals surface area contributed by atoms with E-state index in [0.717, 1.165) is 34.6 Å². The number of hydrogen-bond donors (Lipinski definition) is 2. The average Bonchev–Trinajstić information content (AvgIpc) is 3.04. The number of benzene rings is 2. The van der Waals surface area contributed by atoms with Crippen molar-refractivity contribution in [3.8, 4) is 0 Å². The van der Waals surface area contributed by atoms with Gasteiger partial charge in [0, 0.05) is 0 Å². The fourth-order valence-electron chi connectivity index (χ4n) is 2.68. The zero-order valence-electron chi connectivity index (χ0n) is 14.0. The minimum absolute atomic E-state index is 0.0989. The fraction of sp³-hybridized carbons (Fsp3) is 0.263. The summed E-state index contributed by atoms with van der Waals surface area (Å²) in [6.07, 6.45) is 3.04. The third-order valence-electron chi connectivity index (χ3n) is 3.96. The van der Waals surface area contributed by atoms with Gasteiger partial charge >= 0.3 is 0 Å². The van der Waals surface area contributed by atoms with Crippen LogP contribution < -0.4 is 5.32 Å². The topological polar surface area (TPSA) is 57.8 Å². The number of para-hydroxylation sites is 2. The van der Waals surface area contributed by atoms with E-state index >= 15 is 0 Å². The van der Waals surface area contributed by atoms with Gasteiger partial charge in [0.2, 0.25) is 5.91 Å². The lowest BCUT2D eigenvalue weighted by molar-refractivity contribution is -0.121. The van der Waals surface area contributed by atoms with Crippen molar-refractivity contribution >= 4 is 28.7 Å². The third kappa shape index (κ3) is 4.60. The Kier molecular flexibility index (Phi) is 5.71. The van der Waals surface area contributed by atoms with E-state index in [2.05, 4.69) is 15.3 Å². The first-order chi connectivity index (χ1) is 12.2. The second-order valence-electron chi connectivity index (χ2n) is 5.84. The molecule has 0 bridgehead atoms. The van der Waals surface area contributed by atoms with Crippen molar-refractivity contribution in [2.45, 2.75) is 18.9 Å². The molecule has 1 amide bonds. The molecule has 0 spiro atoms. The summed E-state index contributed by atoms with van der Waals surface area (Å²) >= 11 is 1.73. The van der Waals surface area contributed by atoms with E-state index in [9.17, 15) is 9.18 Å². The molecule has 25 heavy (non-hydrogen) atoms. The highest BCUT2D eigenvalue weighted by atomic mass is 32.2. The van der Waals surface area contributed by atoms with Crippen LogP contribution in [0.4, 0.5) is 4.39 Å². The molecule has 1 aromatic heterocycles. The summed E-state index contributed by atoms with van der Waals surface area (Å²) in [4.78, 5) is 20.3. The lowest BCUT2D eigenvalue weighted by atomic mass is 10.1. The normalized spacial score (nSPS) is 12.2. The maximum Gasteiger partial charge on any atom is 0.225 e. The van der Waals surface area contributed by atoms with E-state index < -0.39 is 0 Å². The molecule has 2 N–H and O–H groups in total. The number of aromatic nitrogens is 2. The Bertz CT molecular complexity index is 814. The van der Waals surface area contributed by atoms with Gasteiger partial charge in [0.05, 0.1) is 23.5 Å². The van der Waals surface area contributed by atoms with Crippen LogP contribution in [0.1, 0.15) is 23.9 Å². The van der Waals surface area contributed by atoms with Crippen LogP contribution >= 0.6 is 11.8 Å². The minimum Gasteiger partial charge on any atom is -0.346 e. The zero-order chi connectivity index (χ0) is 17.6. The molecule has 0 saturated carbocycles. The van der Waals surface area contributed by atoms with Gasteiger partial charge < -0.3 is 10.3 Å². The molecule has 0 aliphatic carbocycles. The van der Waals surface area contributed by atoms with Crippen LogP contribution in [-0.4, -0.2) is 27.9 Å². The summed E-state index contributed by atoms with van der Waals surface area (Å²) in [6.45, 7) is 0. The number of hydrogen-bond acceptors (Lipinski definition) is 3. The molecular formula is C19H20FN3OS. The molecule has 6 heteroatoms. The molecule has 0 aliphatic rings. The zero-order valence-corrected chi connectivity index (χ0v) is 14.8. The van der Waals surface area contributed by atoms with E-state index in [0.29, 0.717) is 0 Å². The number of halogens is 1. The van der Waals surface area contributed by atoms with Crippen molar-refractivity contribution in [2.24, 2.45) is 0 Å². The van der Waals surface area contributed by atoms with Crippen LogP contribution in [0.3, 0.4) is 0 Å². The second kappa shape index (κ2) is 8.16. The van der Waals surface area contributed by atoms with Gasteiger partial charge in [-0.25, -0.2) is 9.37 Å². The molecule has 0 unspecified atom stereocenters. The number of carbonyl (C=O) groups is 1. The highest BCUT2D eigenvalue weighted by molar-refractivity contribution is 7.98. The number of aromatic amines is 1. The molecule has 3 rings (SSSR count). The van der Waals surface area contributed by atoms with E-state index in [4.69, 9.17) is 0 Å². The Labute approximate surface area is 150 Å². The Hall–Kier alpha value is -2.34. The smallest absolute Gasteiger partial charge is 0.225 e. The van der Waals surface area contributed by atoms with Crippen LogP contribution in [-0.2, 0) is 11.2 Å². The first-order valence-electron chi connectivity index (χ1n) is 8.13. The number of amides is 1. The number of nitrogens with one attached hydrogen (secondary N) is 2. The van der Waals surface area contributed by atoms with Gasteiger partial charge in [0.15, 0.2) is 0 Å². The Balaban J connectivity index is 1.73. The molecule has 0 fully saturated rings. The number of H-pyrrole nitrogens is 1. The van der Waals surface area contributed by atoms with Crippen LogP contribution in [0.5, 0.6) is 0 Å². The molecule has 0 saturated heterocycles. The van der Waals surface area contributed by atoms with Crippen molar-refractivity contribution in [3.63, 3.8) is 0 Å². The van der Waals surface area contributed by atoms with Crippen molar-refractivity contribution in [1.29, 1.82) is 0 Å². The lowest BCUT2D eigenvalue weighted by Gasteiger charge is -2.16. The van der Waals surface area contributed by atoms with E-state index in [1.165, 1.54) is 12.1 Å². The maximum absolute atomic E-state index is 13.0. The van der Waals surface area contributed by atoms with Gasteiger partial charge in [-0.2, -0.15) is 11.8 Å². The summed E-state index contributed by atoms with van der Waals surface area (Å²) in [5.41, 5.74) is 2.63. The predicted octanol–water partition coefficient (Wildman–Crippen LogP) is 3.86. The first-order valence-corrected chi connectivity index (χ1v) is 9.52. The Morgan fingerprint density at radius 3 is 2.72 bits per heavy atom. The van der Waals surface area contributed by atoms with Gasteiger partial charge in [-0.1, -0.05) is 24.3 Å². The van der Waals surface area contributed by atoms with E-state index in [1.54, 1.807) is 23.9 Å². The minimum atomic E-state index is -0.302. The van der Waals surface area contributed by atoms with E-state index in [1.807, 2.05) is 30.5 Å². The quantitative estimate of drug-likeness (QED) is 0.675. The summed E-state index contributed by atoms with van der Waals surface area (Å²) in [5, 5.41) is 3.05. The molecule has 4 nitrogen and oxygen atoms in total. The molecule has 3 aromatic rings. The molecular weight excluding hydrogens is 337 g/mol. The van der Waals surface area contributed by atoms with Crippen LogP contribution in [0.15, 0.2) is 48.5 Å². The van der Waals surface area contributed by atoms with Gasteiger partial charge in [-0.05, 0) is 48.3 Å². The Morgan fingerprint density at radius 2 is 2.00 bits per heavy atom. The number of fused-ring (bicyclic) bond motifs is 1. The highest BCUT2D eigenvalue weighted by Gasteiger charge is 2.18. The maximum atomic E-state index is 13.0. The number of carbonyl (C=O) groups excluding carboxylic acids is 1. The van der Waals surface area contributed by atoms with Crippen molar-refractivity contribution in [1.82, 2.24) is 15.3 Å². The summed E-state index contributed by atoms with van der Waals surface area (Å²) in [6, 6.07) is 13.6. The SMILES string of the molecule is CSCC[C@H](NC(=O)Cc1ccc(F)cc1)c1nc2ccccc2[nH]1. The van der Waals surface area contributed by atoms with Gasteiger partial charge in [0.25, 0.3) is 0 Å². The fourth-order valence-corrected chi connectivity index (χ4v) is 3.15. The number of nitrogens with zero attached hydrogens (tertiary/aromatic N) is 1. The lowest BCUT2D eigenvalue weighted by Crippen LogP contribution is -2.31. The van der Waals surface area contributed by atoms with Crippen LogP contribution in [0, 0.1) is 5.82 Å². The molecule has 2 aromatic carbocycles. The van der Waals surface area contributed by atoms with Crippen molar-refractivity contribution in [3.05, 3.63) is 65.7 Å². The van der Waals surface area contributed by atoms with Crippen molar-refractivity contribution < 1.29 is 9.18 Å². The summed E-state index contributed by atoms with van der Waals surface area (Å²) < 4.78 is 13.0. The molecule has 1 atom stereocenters. The highest BCUT2D eigenvalue weighted by Crippen LogP contribution is 2.20. The largest absolute Gasteiger partial charge is 0.346 e. The monoisotopic (exact) mass is 357 g/mol. The summed E-state index contributed by atoms with van der Waals surface area (Å²) in [7, 11) is 0. The van der Waals surface area contributed by atoms with E-state index in [-0.39, 0.29) is 24.2 Å². The van der Waals surface area contributed by atoms with Crippen LogP contribution in [0.25, 0.3) is 11.0 Å². The predicted molar refractivity (Wildman–Crippen MR) is 100 cm³/mol. The van der Waals surface area contributed by atoms with Crippen molar-refractivity contribution in [2.75, 3.05) is 12.0 Å². The molecule has 0 radical (unpaired) electrons. The molecule has 1 heterocycles. The van der Waals surface area contributed by atoms with Crippen LogP contribution in [0.2, 0.25) is 0 Å². The summed E-state index contributed by atoms with van der Waals surface area (Å²) in [5.74, 6) is 1.28. The standard InChI is InChI=1S/C19H20FN3OS/c1-25-11-10-17(19-22-15-4-2-3-5-16(15)23-19)21-18(24)12-13-6-8-14(20)9-7-13/h2-9,17H,10-12H2,1H3,(H,21,24)(H,22,23)/t17-/m0/s1. The van der Waals surface area contributed by atoms with Gasteiger partial charge in [-0.3, -0.25) is 4.79 Å². The average molecular weight is 357 g/mol. The molecule has 0 aliphatic heterocycles. The van der Waals surface area contributed by atoms with Gasteiger partial charge in [-0.15, -0.1) is 0 Å². The Morgan fingerprint density at radius 1 is 1.24 bits per heavy atom. The third-order valence-corrected chi connectivity index (χ3v) is 4.61.